The molecule has 0 bridgehead atoms. The molecular weight excluding hydrogens is 268 g/mol. The van der Waals surface area contributed by atoms with Crippen LogP contribution in [0.15, 0.2) is 18.2 Å². The zero-order valence-corrected chi connectivity index (χ0v) is 12.2. The molecule has 112 valence electrons. The minimum atomic E-state index is -0.537. The van der Waals surface area contributed by atoms with E-state index in [1.165, 1.54) is 5.56 Å². The van der Waals surface area contributed by atoms with E-state index in [-0.39, 0.29) is 25.6 Å². The summed E-state index contributed by atoms with van der Waals surface area (Å²) in [6.45, 7) is 4.66. The number of piperidine rings is 1. The van der Waals surface area contributed by atoms with Crippen molar-refractivity contribution < 1.29 is 15.8 Å². The minimum Gasteiger partial charge on any atom is -0.322 e. The first kappa shape index (κ1) is 13.8. The molecule has 1 N–H and O–H groups in total. The highest BCUT2D eigenvalue weighted by Gasteiger charge is 2.39. The van der Waals surface area contributed by atoms with Gasteiger partial charge < -0.3 is 4.90 Å². The molecule has 1 unspecified atom stereocenters. The van der Waals surface area contributed by atoms with Gasteiger partial charge in [-0.15, -0.1) is 0 Å². The third-order valence-electron chi connectivity index (χ3n) is 4.21. The Kier molecular flexibility index (Phi) is 3.27. The van der Waals surface area contributed by atoms with Crippen molar-refractivity contribution in [2.45, 2.75) is 45.2 Å². The van der Waals surface area contributed by atoms with Gasteiger partial charge in [0, 0.05) is 20.0 Å². The number of fused-ring (bicyclic) bond motifs is 1. The number of rotatable bonds is 2. The average Bonchev–Trinajstić information content (AvgIpc) is 2.75. The number of hydrogen-bond acceptors (Lipinski definition) is 3. The van der Waals surface area contributed by atoms with Crippen molar-refractivity contribution in [1.82, 2.24) is 10.2 Å². The van der Waals surface area contributed by atoms with Crippen molar-refractivity contribution in [3.05, 3.63) is 34.9 Å². The summed E-state index contributed by atoms with van der Waals surface area (Å²) < 4.78 is 0. The van der Waals surface area contributed by atoms with Crippen LogP contribution in [0, 0.1) is 0 Å². The number of benzene rings is 1. The molecule has 2 aliphatic heterocycles. The van der Waals surface area contributed by atoms with Gasteiger partial charge in [0.1, 0.15) is 6.04 Å². The van der Waals surface area contributed by atoms with Crippen LogP contribution in [0.2, 0.25) is 0 Å². The standard InChI is InChI=1S/C16H18N2O3.H2/c1-9(2)10-3-4-12-11(7-10)8-18(16(12)21)13-5-6-14(19)17-15(13)20;/h3-4,7,9,13H,5-6,8H2,1-2H3,(H,17,19,20);1H. The molecule has 0 aromatic heterocycles. The maximum Gasteiger partial charge on any atom is 0.255 e. The first-order valence-corrected chi connectivity index (χ1v) is 7.25. The number of carbonyl (C=O) groups is 3. The second-order valence-electron chi connectivity index (χ2n) is 5.97. The van der Waals surface area contributed by atoms with Gasteiger partial charge in [0.15, 0.2) is 0 Å². The lowest BCUT2D eigenvalue weighted by molar-refractivity contribution is -0.136. The van der Waals surface area contributed by atoms with Gasteiger partial charge in [-0.1, -0.05) is 26.0 Å². The van der Waals surface area contributed by atoms with Gasteiger partial charge in [0.25, 0.3) is 5.91 Å². The van der Waals surface area contributed by atoms with Crippen LogP contribution in [-0.2, 0) is 16.1 Å². The summed E-state index contributed by atoms with van der Waals surface area (Å²) in [7, 11) is 0. The molecule has 21 heavy (non-hydrogen) atoms. The molecule has 0 aliphatic carbocycles. The van der Waals surface area contributed by atoms with Gasteiger partial charge in [-0.3, -0.25) is 19.7 Å². The van der Waals surface area contributed by atoms with E-state index in [0.717, 1.165) is 5.56 Å². The van der Waals surface area contributed by atoms with Crippen LogP contribution in [0.5, 0.6) is 0 Å². The topological polar surface area (TPSA) is 66.5 Å². The largest absolute Gasteiger partial charge is 0.322 e. The highest BCUT2D eigenvalue weighted by atomic mass is 16.2. The van der Waals surface area contributed by atoms with E-state index < -0.39 is 6.04 Å². The second kappa shape index (κ2) is 4.98. The third kappa shape index (κ3) is 2.33. The van der Waals surface area contributed by atoms with Crippen LogP contribution in [0.25, 0.3) is 0 Å². The molecule has 1 aromatic rings. The quantitative estimate of drug-likeness (QED) is 0.844. The predicted octanol–water partition coefficient (Wildman–Crippen LogP) is 1.82. The molecule has 3 rings (SSSR count). The average molecular weight is 288 g/mol. The highest BCUT2D eigenvalue weighted by molar-refractivity contribution is 6.05. The van der Waals surface area contributed by atoms with Crippen molar-refractivity contribution in [2.24, 2.45) is 0 Å². The van der Waals surface area contributed by atoms with Crippen LogP contribution in [-0.4, -0.2) is 28.7 Å². The van der Waals surface area contributed by atoms with Crippen LogP contribution >= 0.6 is 0 Å². The lowest BCUT2D eigenvalue weighted by Gasteiger charge is -2.29. The number of hydrogen-bond donors (Lipinski definition) is 1. The molecule has 0 spiro atoms. The monoisotopic (exact) mass is 288 g/mol. The lowest BCUT2D eigenvalue weighted by atomic mass is 9.98. The molecule has 1 atom stereocenters. The zero-order chi connectivity index (χ0) is 15.1. The summed E-state index contributed by atoms with van der Waals surface area (Å²) in [5.41, 5.74) is 2.83. The smallest absolute Gasteiger partial charge is 0.255 e. The van der Waals surface area contributed by atoms with Crippen LogP contribution in [0.3, 0.4) is 0 Å². The Morgan fingerprint density at radius 3 is 2.71 bits per heavy atom. The summed E-state index contributed by atoms with van der Waals surface area (Å²) in [6.07, 6.45) is 0.690. The molecule has 0 saturated carbocycles. The Bertz CT molecular complexity index is 642. The maximum absolute atomic E-state index is 12.5. The molecular formula is C16H20N2O3. The van der Waals surface area contributed by atoms with Gasteiger partial charge in [0.05, 0.1) is 0 Å². The Morgan fingerprint density at radius 2 is 2.05 bits per heavy atom. The normalized spacial score (nSPS) is 21.8. The van der Waals surface area contributed by atoms with E-state index in [0.29, 0.717) is 24.4 Å². The molecule has 5 heteroatoms. The summed E-state index contributed by atoms with van der Waals surface area (Å²) in [5, 5.41) is 2.31. The number of amides is 3. The predicted molar refractivity (Wildman–Crippen MR) is 78.7 cm³/mol. The van der Waals surface area contributed by atoms with Gasteiger partial charge in [-0.05, 0) is 29.5 Å². The van der Waals surface area contributed by atoms with Crippen molar-refractivity contribution in [2.75, 3.05) is 0 Å². The fraction of sp³-hybridized carbons (Fsp3) is 0.438. The fourth-order valence-corrected chi connectivity index (χ4v) is 2.95. The Morgan fingerprint density at radius 1 is 1.29 bits per heavy atom. The lowest BCUT2D eigenvalue weighted by Crippen LogP contribution is -2.52. The van der Waals surface area contributed by atoms with E-state index in [2.05, 4.69) is 19.2 Å². The van der Waals surface area contributed by atoms with Crippen LogP contribution < -0.4 is 5.32 Å². The first-order valence-electron chi connectivity index (χ1n) is 7.25. The van der Waals surface area contributed by atoms with E-state index in [1.807, 2.05) is 18.2 Å². The number of nitrogens with zero attached hydrogens (tertiary/aromatic N) is 1. The van der Waals surface area contributed by atoms with Crippen LogP contribution in [0.4, 0.5) is 0 Å². The van der Waals surface area contributed by atoms with Gasteiger partial charge in [-0.25, -0.2) is 0 Å². The molecule has 0 radical (unpaired) electrons. The first-order chi connectivity index (χ1) is 9.97. The van der Waals surface area contributed by atoms with Crippen molar-refractivity contribution >= 4 is 17.7 Å². The Balaban J connectivity index is 0.00000176. The summed E-state index contributed by atoms with van der Waals surface area (Å²) in [4.78, 5) is 37.2. The number of carbonyl (C=O) groups excluding carboxylic acids is 3. The van der Waals surface area contributed by atoms with Gasteiger partial charge in [0.2, 0.25) is 11.8 Å². The van der Waals surface area contributed by atoms with Gasteiger partial charge >= 0.3 is 0 Å². The molecule has 1 aromatic carbocycles. The van der Waals surface area contributed by atoms with Crippen molar-refractivity contribution in [3.8, 4) is 0 Å². The highest BCUT2D eigenvalue weighted by Crippen LogP contribution is 2.29. The molecule has 5 nitrogen and oxygen atoms in total. The maximum atomic E-state index is 12.5. The van der Waals surface area contributed by atoms with E-state index in [4.69, 9.17) is 0 Å². The summed E-state index contributed by atoms with van der Waals surface area (Å²) in [5.74, 6) is -0.344. The summed E-state index contributed by atoms with van der Waals surface area (Å²) >= 11 is 0. The van der Waals surface area contributed by atoms with E-state index in [1.54, 1.807) is 4.90 Å². The Hall–Kier alpha value is -2.17. The fourth-order valence-electron chi connectivity index (χ4n) is 2.95. The minimum absolute atomic E-state index is 0. The Labute approximate surface area is 124 Å². The number of nitrogens with one attached hydrogen (secondary N) is 1. The SMILES string of the molecule is CC(C)c1ccc2c(c1)CN(C1CCC(=O)NC1=O)C2=O.[HH]. The van der Waals surface area contributed by atoms with E-state index in [9.17, 15) is 14.4 Å². The number of imide groups is 1. The zero-order valence-electron chi connectivity index (χ0n) is 12.2. The summed E-state index contributed by atoms with van der Waals surface area (Å²) in [6, 6.07) is 5.32. The third-order valence-corrected chi connectivity index (χ3v) is 4.21. The van der Waals surface area contributed by atoms with Crippen LogP contribution in [0.1, 0.15) is 55.5 Å². The molecule has 2 aliphatic rings. The van der Waals surface area contributed by atoms with Gasteiger partial charge in [-0.2, -0.15) is 0 Å². The molecule has 3 amide bonds. The molecule has 1 saturated heterocycles. The van der Waals surface area contributed by atoms with E-state index >= 15 is 0 Å². The molecule has 2 heterocycles. The van der Waals surface area contributed by atoms with Crippen molar-refractivity contribution in [3.63, 3.8) is 0 Å². The molecule has 1 fully saturated rings. The van der Waals surface area contributed by atoms with Crippen molar-refractivity contribution in [1.29, 1.82) is 0 Å². The second-order valence-corrected chi connectivity index (χ2v) is 5.97.